The lowest BCUT2D eigenvalue weighted by Crippen LogP contribution is -2.49. The van der Waals surface area contributed by atoms with Gasteiger partial charge in [0.05, 0.1) is 5.56 Å². The van der Waals surface area contributed by atoms with Crippen LogP contribution in [0.5, 0.6) is 5.88 Å². The topological polar surface area (TPSA) is 45.7 Å². The van der Waals surface area contributed by atoms with Gasteiger partial charge in [-0.15, -0.1) is 0 Å². The highest BCUT2D eigenvalue weighted by Gasteiger charge is 2.24. The van der Waals surface area contributed by atoms with Crippen LogP contribution in [0.2, 0.25) is 0 Å². The van der Waals surface area contributed by atoms with E-state index >= 15 is 0 Å². The lowest BCUT2D eigenvalue weighted by Gasteiger charge is -2.37. The van der Waals surface area contributed by atoms with Crippen molar-refractivity contribution < 1.29 is 9.53 Å². The minimum atomic E-state index is 0.0519. The fourth-order valence-corrected chi connectivity index (χ4v) is 4.84. The van der Waals surface area contributed by atoms with Crippen LogP contribution in [-0.2, 0) is 0 Å². The van der Waals surface area contributed by atoms with E-state index in [2.05, 4.69) is 41.9 Å². The minimum Gasteiger partial charge on any atom is -0.473 e. The summed E-state index contributed by atoms with van der Waals surface area (Å²) in [5.74, 6) is 2.84. The van der Waals surface area contributed by atoms with Gasteiger partial charge in [0.1, 0.15) is 6.10 Å². The van der Waals surface area contributed by atoms with Crippen LogP contribution in [0.25, 0.3) is 0 Å². The molecule has 2 aliphatic rings. The van der Waals surface area contributed by atoms with Crippen LogP contribution >= 0.6 is 11.8 Å². The predicted octanol–water partition coefficient (Wildman–Crippen LogP) is 3.55. The van der Waals surface area contributed by atoms with Gasteiger partial charge in [-0.2, -0.15) is 11.8 Å². The summed E-state index contributed by atoms with van der Waals surface area (Å²) < 4.78 is 5.88. The van der Waals surface area contributed by atoms with Crippen LogP contribution in [0.3, 0.4) is 0 Å². The quantitative estimate of drug-likeness (QED) is 0.790. The highest BCUT2D eigenvalue weighted by molar-refractivity contribution is 7.99. The Morgan fingerprint density at radius 3 is 2.64 bits per heavy atom. The zero-order valence-electron chi connectivity index (χ0n) is 16.6. The molecule has 1 aromatic heterocycles. The maximum atomic E-state index is 12.8. The highest BCUT2D eigenvalue weighted by atomic mass is 32.2. The summed E-state index contributed by atoms with van der Waals surface area (Å²) in [7, 11) is 0. The molecule has 2 aromatic rings. The van der Waals surface area contributed by atoms with Gasteiger partial charge in [-0.1, -0.05) is 12.1 Å². The molecule has 2 aliphatic heterocycles. The van der Waals surface area contributed by atoms with Crippen LogP contribution < -0.4 is 9.64 Å². The molecule has 0 bridgehead atoms. The third-order valence-corrected chi connectivity index (χ3v) is 6.56. The second-order valence-electron chi connectivity index (χ2n) is 7.56. The maximum Gasteiger partial charge on any atom is 0.255 e. The van der Waals surface area contributed by atoms with Crippen molar-refractivity contribution in [3.63, 3.8) is 0 Å². The molecule has 2 saturated heterocycles. The highest BCUT2D eigenvalue weighted by Crippen LogP contribution is 2.24. The number of aryl methyl sites for hydroxylation is 2. The number of piperazine rings is 1. The Morgan fingerprint density at radius 2 is 1.96 bits per heavy atom. The van der Waals surface area contributed by atoms with Gasteiger partial charge in [0, 0.05) is 49.9 Å². The zero-order valence-corrected chi connectivity index (χ0v) is 17.4. The van der Waals surface area contributed by atoms with Crippen LogP contribution in [0.4, 0.5) is 5.69 Å². The molecule has 0 radical (unpaired) electrons. The SMILES string of the molecule is Cc1ccc(C)c(N2CCN(C(=O)c3ccc(OC4CCSC4)nc3)CC2)c1. The number of hydrogen-bond donors (Lipinski definition) is 0. The number of amides is 1. The molecular formula is C22H27N3O2S. The number of carbonyl (C=O) groups is 1. The average molecular weight is 398 g/mol. The summed E-state index contributed by atoms with van der Waals surface area (Å²) in [6, 6.07) is 10.2. The molecule has 0 saturated carbocycles. The van der Waals surface area contributed by atoms with Gasteiger partial charge in [-0.25, -0.2) is 4.98 Å². The van der Waals surface area contributed by atoms with E-state index in [1.807, 2.05) is 28.8 Å². The van der Waals surface area contributed by atoms with Crippen molar-refractivity contribution in [2.24, 2.45) is 0 Å². The number of carbonyl (C=O) groups excluding carboxylic acids is 1. The molecular weight excluding hydrogens is 370 g/mol. The van der Waals surface area contributed by atoms with Crippen molar-refractivity contribution >= 4 is 23.4 Å². The van der Waals surface area contributed by atoms with E-state index < -0.39 is 0 Å². The molecule has 2 fully saturated rings. The lowest BCUT2D eigenvalue weighted by atomic mass is 10.1. The molecule has 0 aliphatic carbocycles. The normalized spacial score (nSPS) is 19.7. The summed E-state index contributed by atoms with van der Waals surface area (Å²) in [6.45, 7) is 7.42. The summed E-state index contributed by atoms with van der Waals surface area (Å²) >= 11 is 1.91. The van der Waals surface area contributed by atoms with Crippen LogP contribution in [0.1, 0.15) is 27.9 Å². The van der Waals surface area contributed by atoms with Gasteiger partial charge < -0.3 is 14.5 Å². The van der Waals surface area contributed by atoms with E-state index in [0.29, 0.717) is 11.4 Å². The number of benzene rings is 1. The van der Waals surface area contributed by atoms with Crippen molar-refractivity contribution in [1.29, 1.82) is 0 Å². The Labute approximate surface area is 171 Å². The first kappa shape index (κ1) is 19.1. The van der Waals surface area contributed by atoms with Crippen LogP contribution in [0.15, 0.2) is 36.5 Å². The van der Waals surface area contributed by atoms with E-state index in [1.54, 1.807) is 6.20 Å². The first-order valence-corrected chi connectivity index (χ1v) is 11.1. The van der Waals surface area contributed by atoms with E-state index in [9.17, 15) is 4.79 Å². The zero-order chi connectivity index (χ0) is 19.5. The first-order valence-electron chi connectivity index (χ1n) is 9.92. The number of nitrogens with zero attached hydrogens (tertiary/aromatic N) is 3. The molecule has 1 atom stereocenters. The third kappa shape index (κ3) is 4.27. The predicted molar refractivity (Wildman–Crippen MR) is 115 cm³/mol. The molecule has 5 nitrogen and oxygen atoms in total. The lowest BCUT2D eigenvalue weighted by molar-refractivity contribution is 0.0746. The smallest absolute Gasteiger partial charge is 0.255 e. The number of hydrogen-bond acceptors (Lipinski definition) is 5. The summed E-state index contributed by atoms with van der Waals surface area (Å²) in [6.07, 6.45) is 2.96. The number of aromatic nitrogens is 1. The standard InChI is InChI=1S/C22H27N3O2S/c1-16-3-4-17(2)20(13-16)24-8-10-25(11-9-24)22(26)18-5-6-21(23-14-18)27-19-7-12-28-15-19/h3-6,13-14,19H,7-12,15H2,1-2H3. The molecule has 3 heterocycles. The Bertz CT molecular complexity index is 826. The molecule has 4 rings (SSSR count). The largest absolute Gasteiger partial charge is 0.473 e. The van der Waals surface area contributed by atoms with Crippen LogP contribution in [0, 0.1) is 13.8 Å². The molecule has 1 unspecified atom stereocenters. The molecule has 1 aromatic carbocycles. The van der Waals surface area contributed by atoms with Crippen molar-refractivity contribution in [2.75, 3.05) is 42.6 Å². The molecule has 148 valence electrons. The second kappa shape index (κ2) is 8.43. The maximum absolute atomic E-state index is 12.8. The monoisotopic (exact) mass is 397 g/mol. The Balaban J connectivity index is 1.35. The van der Waals surface area contributed by atoms with E-state index in [4.69, 9.17) is 4.74 Å². The Hall–Kier alpha value is -2.21. The number of thioether (sulfide) groups is 1. The average Bonchev–Trinajstić information content (AvgIpc) is 3.23. The number of rotatable bonds is 4. The van der Waals surface area contributed by atoms with Gasteiger partial charge in [-0.3, -0.25) is 4.79 Å². The molecule has 6 heteroatoms. The van der Waals surface area contributed by atoms with Crippen molar-refractivity contribution in [3.05, 3.63) is 53.2 Å². The van der Waals surface area contributed by atoms with Crippen LogP contribution in [-0.4, -0.2) is 59.6 Å². The number of ether oxygens (including phenoxy) is 1. The van der Waals surface area contributed by atoms with E-state index in [1.165, 1.54) is 16.8 Å². The fourth-order valence-electron chi connectivity index (χ4n) is 3.75. The minimum absolute atomic E-state index is 0.0519. The fraction of sp³-hybridized carbons (Fsp3) is 0.455. The van der Waals surface area contributed by atoms with Gasteiger partial charge in [0.25, 0.3) is 5.91 Å². The molecule has 1 amide bonds. The number of pyridine rings is 1. The van der Waals surface area contributed by atoms with Crippen molar-refractivity contribution in [1.82, 2.24) is 9.88 Å². The second-order valence-corrected chi connectivity index (χ2v) is 8.71. The Kier molecular flexibility index (Phi) is 5.76. The van der Waals surface area contributed by atoms with E-state index in [0.717, 1.165) is 44.1 Å². The summed E-state index contributed by atoms with van der Waals surface area (Å²) in [5.41, 5.74) is 4.46. The molecule has 0 N–H and O–H groups in total. The summed E-state index contributed by atoms with van der Waals surface area (Å²) in [5, 5.41) is 0. The van der Waals surface area contributed by atoms with E-state index in [-0.39, 0.29) is 12.0 Å². The molecule has 0 spiro atoms. The summed E-state index contributed by atoms with van der Waals surface area (Å²) in [4.78, 5) is 21.5. The van der Waals surface area contributed by atoms with Gasteiger partial charge in [0.2, 0.25) is 5.88 Å². The first-order chi connectivity index (χ1) is 13.6. The van der Waals surface area contributed by atoms with Gasteiger partial charge in [-0.05, 0) is 49.3 Å². The van der Waals surface area contributed by atoms with Gasteiger partial charge in [0.15, 0.2) is 0 Å². The molecule has 28 heavy (non-hydrogen) atoms. The third-order valence-electron chi connectivity index (χ3n) is 5.43. The van der Waals surface area contributed by atoms with Gasteiger partial charge >= 0.3 is 0 Å². The number of anilines is 1. The van der Waals surface area contributed by atoms with Crippen molar-refractivity contribution in [3.8, 4) is 5.88 Å². The Morgan fingerprint density at radius 1 is 1.14 bits per heavy atom. The van der Waals surface area contributed by atoms with Crippen molar-refractivity contribution in [2.45, 2.75) is 26.4 Å².